The summed E-state index contributed by atoms with van der Waals surface area (Å²) in [5.74, 6) is -0.291. The van der Waals surface area contributed by atoms with Crippen molar-refractivity contribution >= 4 is 33.3 Å². The van der Waals surface area contributed by atoms with E-state index in [4.69, 9.17) is 4.74 Å². The molecule has 0 aliphatic carbocycles. The van der Waals surface area contributed by atoms with Crippen molar-refractivity contribution in [3.8, 4) is 0 Å². The summed E-state index contributed by atoms with van der Waals surface area (Å²) in [6.45, 7) is 9.59. The first-order valence-corrected chi connectivity index (χ1v) is 9.79. The zero-order valence-electron chi connectivity index (χ0n) is 16.0. The van der Waals surface area contributed by atoms with E-state index in [0.29, 0.717) is 12.2 Å². The van der Waals surface area contributed by atoms with Gasteiger partial charge in [-0.15, -0.1) is 0 Å². The Bertz CT molecular complexity index is 978. The summed E-state index contributed by atoms with van der Waals surface area (Å²) in [6, 6.07) is 12.5. The number of likely N-dealkylation sites (N-methyl/N-ethyl adjacent to an activating group) is 1. The quantitative estimate of drug-likeness (QED) is 0.570. The summed E-state index contributed by atoms with van der Waals surface area (Å²) in [7, 11) is 0. The Labute approximate surface area is 159 Å². The standard InChI is InChI=1S/C22H25N3O2/c1-3-24-11-13-25(14-12-24)21-18-10-9-16-7-5-6-8-17(16)20(18)23-15-19(21)22(26)27-4-2/h5-10,15H,3-4,11-14H2,1-2H3/p+1. The van der Waals surface area contributed by atoms with Gasteiger partial charge in [0.2, 0.25) is 0 Å². The van der Waals surface area contributed by atoms with Crippen molar-refractivity contribution in [1.82, 2.24) is 4.98 Å². The van der Waals surface area contributed by atoms with E-state index in [1.165, 1.54) is 0 Å². The van der Waals surface area contributed by atoms with Crippen LogP contribution in [0.3, 0.4) is 0 Å². The van der Waals surface area contributed by atoms with Crippen molar-refractivity contribution in [2.45, 2.75) is 13.8 Å². The van der Waals surface area contributed by atoms with Gasteiger partial charge in [-0.05, 0) is 19.2 Å². The van der Waals surface area contributed by atoms with Crippen molar-refractivity contribution in [3.63, 3.8) is 0 Å². The lowest BCUT2D eigenvalue weighted by Gasteiger charge is -2.34. The molecule has 140 valence electrons. The van der Waals surface area contributed by atoms with E-state index >= 15 is 0 Å². The summed E-state index contributed by atoms with van der Waals surface area (Å²) < 4.78 is 5.33. The lowest BCUT2D eigenvalue weighted by Crippen LogP contribution is -3.14. The van der Waals surface area contributed by atoms with Crippen LogP contribution < -0.4 is 9.80 Å². The molecule has 0 radical (unpaired) electrons. The molecule has 2 aromatic carbocycles. The normalized spacial score (nSPS) is 15.4. The third kappa shape index (κ3) is 3.23. The Morgan fingerprint density at radius 2 is 1.89 bits per heavy atom. The number of rotatable bonds is 4. The van der Waals surface area contributed by atoms with Crippen LogP contribution in [0.25, 0.3) is 21.7 Å². The van der Waals surface area contributed by atoms with E-state index in [9.17, 15) is 4.79 Å². The molecule has 27 heavy (non-hydrogen) atoms. The minimum Gasteiger partial charge on any atom is -0.462 e. The number of nitrogens with zero attached hydrogens (tertiary/aromatic N) is 2. The van der Waals surface area contributed by atoms with Gasteiger partial charge in [0.15, 0.2) is 0 Å². The second kappa shape index (κ2) is 7.53. The van der Waals surface area contributed by atoms with Crippen molar-refractivity contribution in [2.24, 2.45) is 0 Å². The van der Waals surface area contributed by atoms with Gasteiger partial charge in [-0.3, -0.25) is 4.98 Å². The number of benzene rings is 2. The molecule has 4 rings (SSSR count). The Balaban J connectivity index is 1.89. The summed E-state index contributed by atoms with van der Waals surface area (Å²) in [4.78, 5) is 21.3. The summed E-state index contributed by atoms with van der Waals surface area (Å²) in [5, 5.41) is 3.30. The highest BCUT2D eigenvalue weighted by Gasteiger charge is 2.26. The largest absolute Gasteiger partial charge is 0.462 e. The minimum atomic E-state index is -0.291. The first-order valence-electron chi connectivity index (χ1n) is 9.79. The predicted molar refractivity (Wildman–Crippen MR) is 109 cm³/mol. The molecule has 1 aromatic heterocycles. The maximum atomic E-state index is 12.6. The third-order valence-corrected chi connectivity index (χ3v) is 5.52. The highest BCUT2D eigenvalue weighted by atomic mass is 16.5. The smallest absolute Gasteiger partial charge is 0.341 e. The molecule has 0 saturated carbocycles. The fraction of sp³-hybridized carbons (Fsp3) is 0.364. The Morgan fingerprint density at radius 3 is 2.63 bits per heavy atom. The van der Waals surface area contributed by atoms with Crippen LogP contribution in [0.15, 0.2) is 42.6 Å². The second-order valence-electron chi connectivity index (χ2n) is 7.01. The number of fused-ring (bicyclic) bond motifs is 3. The van der Waals surface area contributed by atoms with Gasteiger partial charge in [-0.1, -0.05) is 36.4 Å². The number of aromatic nitrogens is 1. The van der Waals surface area contributed by atoms with Crippen molar-refractivity contribution in [3.05, 3.63) is 48.2 Å². The molecule has 0 unspecified atom stereocenters. The molecule has 1 fully saturated rings. The number of quaternary nitrogens is 1. The van der Waals surface area contributed by atoms with Crippen molar-refractivity contribution < 1.29 is 14.4 Å². The molecule has 0 bridgehead atoms. The average molecular weight is 364 g/mol. The van der Waals surface area contributed by atoms with Crippen molar-refractivity contribution in [1.29, 1.82) is 0 Å². The minimum absolute atomic E-state index is 0.291. The third-order valence-electron chi connectivity index (χ3n) is 5.52. The average Bonchev–Trinajstić information content (AvgIpc) is 2.73. The molecular weight excluding hydrogens is 338 g/mol. The molecule has 0 amide bonds. The number of carbonyl (C=O) groups is 1. The van der Waals surface area contributed by atoms with E-state index in [1.54, 1.807) is 11.1 Å². The van der Waals surface area contributed by atoms with Crippen LogP contribution >= 0.6 is 0 Å². The van der Waals surface area contributed by atoms with Crippen LogP contribution in [0, 0.1) is 0 Å². The number of anilines is 1. The number of pyridine rings is 1. The van der Waals surface area contributed by atoms with Crippen LogP contribution in [0.1, 0.15) is 24.2 Å². The highest BCUT2D eigenvalue weighted by Crippen LogP contribution is 2.34. The molecule has 0 atom stereocenters. The lowest BCUT2D eigenvalue weighted by molar-refractivity contribution is -0.898. The maximum absolute atomic E-state index is 12.6. The topological polar surface area (TPSA) is 46.9 Å². The van der Waals surface area contributed by atoms with Gasteiger partial charge in [0, 0.05) is 17.0 Å². The Morgan fingerprint density at radius 1 is 1.11 bits per heavy atom. The number of esters is 1. The van der Waals surface area contributed by atoms with E-state index in [0.717, 1.165) is 60.1 Å². The first kappa shape index (κ1) is 17.7. The molecular formula is C22H26N3O2+. The van der Waals surface area contributed by atoms with Crippen LogP contribution in [-0.4, -0.2) is 50.3 Å². The number of hydrogen-bond acceptors (Lipinski definition) is 4. The fourth-order valence-electron chi connectivity index (χ4n) is 4.02. The molecule has 0 spiro atoms. The number of piperazine rings is 1. The lowest BCUT2D eigenvalue weighted by atomic mass is 10.0. The van der Waals surface area contributed by atoms with Crippen molar-refractivity contribution in [2.75, 3.05) is 44.2 Å². The molecule has 5 heteroatoms. The number of ether oxygens (including phenoxy) is 1. The summed E-state index contributed by atoms with van der Waals surface area (Å²) in [5.41, 5.74) is 2.49. The molecule has 2 heterocycles. The van der Waals surface area contributed by atoms with Gasteiger partial charge in [0.1, 0.15) is 5.56 Å². The van der Waals surface area contributed by atoms with E-state index in [-0.39, 0.29) is 5.97 Å². The summed E-state index contributed by atoms with van der Waals surface area (Å²) >= 11 is 0. The van der Waals surface area contributed by atoms with Crippen LogP contribution in [0.4, 0.5) is 5.69 Å². The van der Waals surface area contributed by atoms with Gasteiger partial charge in [0.25, 0.3) is 0 Å². The second-order valence-corrected chi connectivity index (χ2v) is 7.01. The predicted octanol–water partition coefficient (Wildman–Crippen LogP) is 2.29. The van der Waals surface area contributed by atoms with Gasteiger partial charge in [-0.2, -0.15) is 0 Å². The highest BCUT2D eigenvalue weighted by molar-refractivity contribution is 6.13. The Hall–Kier alpha value is -2.66. The van der Waals surface area contributed by atoms with Crippen LogP contribution in [0.5, 0.6) is 0 Å². The van der Waals surface area contributed by atoms with Gasteiger partial charge >= 0.3 is 5.97 Å². The SMILES string of the molecule is CCOC(=O)c1cnc2c(ccc3ccccc32)c1N1CC[NH+](CC)CC1. The number of nitrogens with one attached hydrogen (secondary N) is 1. The van der Waals surface area contributed by atoms with Gasteiger partial charge < -0.3 is 14.5 Å². The molecule has 1 aliphatic heterocycles. The maximum Gasteiger partial charge on any atom is 0.341 e. The zero-order chi connectivity index (χ0) is 18.8. The van der Waals surface area contributed by atoms with Gasteiger partial charge in [0.05, 0.1) is 50.5 Å². The molecule has 1 N–H and O–H groups in total. The summed E-state index contributed by atoms with van der Waals surface area (Å²) in [6.07, 6.45) is 1.70. The van der Waals surface area contributed by atoms with E-state index < -0.39 is 0 Å². The number of carbonyl (C=O) groups excluding carboxylic acids is 1. The number of hydrogen-bond donors (Lipinski definition) is 1. The van der Waals surface area contributed by atoms with Crippen LogP contribution in [0.2, 0.25) is 0 Å². The zero-order valence-corrected chi connectivity index (χ0v) is 16.0. The van der Waals surface area contributed by atoms with E-state index in [1.807, 2.05) is 19.1 Å². The molecule has 1 aliphatic rings. The fourth-order valence-corrected chi connectivity index (χ4v) is 4.02. The molecule has 5 nitrogen and oxygen atoms in total. The molecule has 1 saturated heterocycles. The monoisotopic (exact) mass is 364 g/mol. The first-order chi connectivity index (χ1) is 13.2. The van der Waals surface area contributed by atoms with E-state index in [2.05, 4.69) is 41.1 Å². The molecule has 3 aromatic rings. The van der Waals surface area contributed by atoms with Gasteiger partial charge in [-0.25, -0.2) is 4.79 Å². The Kier molecular flexibility index (Phi) is 4.94. The van der Waals surface area contributed by atoms with Crippen LogP contribution in [-0.2, 0) is 4.74 Å².